The van der Waals surface area contributed by atoms with E-state index in [2.05, 4.69) is 0 Å². The Balaban J connectivity index is 2.99. The zero-order valence-electron chi connectivity index (χ0n) is 8.48. The van der Waals surface area contributed by atoms with Crippen molar-refractivity contribution in [2.45, 2.75) is 25.7 Å². The Labute approximate surface area is 97.8 Å². The number of carbonyl (C=O) groups is 2. The number of carboxylic acid groups (broad SMARTS) is 2. The Morgan fingerprint density at radius 3 is 1.60 bits per heavy atom. The molecule has 0 aromatic rings. The van der Waals surface area contributed by atoms with Gasteiger partial charge in [-0.05, 0) is 24.3 Å². The first kappa shape index (κ1) is 14.6. The quantitative estimate of drug-likeness (QED) is 0.458. The third-order valence-corrected chi connectivity index (χ3v) is 4.01. The van der Waals surface area contributed by atoms with Gasteiger partial charge in [0.25, 0.3) is 0 Å². The third kappa shape index (κ3) is 13.6. The van der Waals surface area contributed by atoms with E-state index in [0.717, 1.165) is 16.6 Å². The summed E-state index contributed by atoms with van der Waals surface area (Å²) in [6.07, 6.45) is 1.87. The zero-order chi connectivity index (χ0) is 11.5. The van der Waals surface area contributed by atoms with Crippen LogP contribution in [-0.2, 0) is 9.59 Å². The SMILES string of the molecule is O=C(O)CCCSCSCCCC(=O)O. The van der Waals surface area contributed by atoms with Crippen LogP contribution in [0.2, 0.25) is 0 Å². The highest BCUT2D eigenvalue weighted by atomic mass is 32.2. The molecule has 0 aliphatic carbocycles. The van der Waals surface area contributed by atoms with E-state index in [1.807, 2.05) is 0 Å². The van der Waals surface area contributed by atoms with Crippen LogP contribution < -0.4 is 0 Å². The summed E-state index contributed by atoms with van der Waals surface area (Å²) in [4.78, 5) is 20.3. The van der Waals surface area contributed by atoms with Crippen LogP contribution in [0.5, 0.6) is 0 Å². The topological polar surface area (TPSA) is 74.6 Å². The molecule has 15 heavy (non-hydrogen) atoms. The lowest BCUT2D eigenvalue weighted by Gasteiger charge is -2.00. The standard InChI is InChI=1S/C9H16O4S2/c10-8(11)3-1-5-14-7-15-6-2-4-9(12)13/h1-7H2,(H,10,11)(H,12,13). The van der Waals surface area contributed by atoms with Gasteiger partial charge in [0.15, 0.2) is 0 Å². The summed E-state index contributed by atoms with van der Waals surface area (Å²) in [5.41, 5.74) is 0. The van der Waals surface area contributed by atoms with Gasteiger partial charge in [-0.15, -0.1) is 0 Å². The van der Waals surface area contributed by atoms with Crippen molar-refractivity contribution in [3.05, 3.63) is 0 Å². The Morgan fingerprint density at radius 2 is 1.27 bits per heavy atom. The van der Waals surface area contributed by atoms with E-state index in [4.69, 9.17) is 10.2 Å². The monoisotopic (exact) mass is 252 g/mol. The fourth-order valence-corrected chi connectivity index (χ4v) is 2.94. The number of hydrogen-bond donors (Lipinski definition) is 2. The van der Waals surface area contributed by atoms with Crippen LogP contribution in [0.4, 0.5) is 0 Å². The van der Waals surface area contributed by atoms with Crippen LogP contribution in [-0.4, -0.2) is 38.7 Å². The van der Waals surface area contributed by atoms with E-state index >= 15 is 0 Å². The minimum atomic E-state index is -0.746. The summed E-state index contributed by atoms with van der Waals surface area (Å²) < 4.78 is 0. The van der Waals surface area contributed by atoms with Gasteiger partial charge in [-0.25, -0.2) is 0 Å². The molecule has 0 aliphatic rings. The van der Waals surface area contributed by atoms with Crippen LogP contribution in [0, 0.1) is 0 Å². The Bertz CT molecular complexity index is 177. The first-order valence-electron chi connectivity index (χ1n) is 4.72. The molecule has 0 amide bonds. The lowest BCUT2D eigenvalue weighted by atomic mass is 10.3. The second-order valence-corrected chi connectivity index (χ2v) is 5.50. The Morgan fingerprint density at radius 1 is 0.867 bits per heavy atom. The molecule has 0 rings (SSSR count). The van der Waals surface area contributed by atoms with Crippen LogP contribution in [0.25, 0.3) is 0 Å². The lowest BCUT2D eigenvalue weighted by Crippen LogP contribution is -1.96. The summed E-state index contributed by atoms with van der Waals surface area (Å²) in [6.45, 7) is 0. The smallest absolute Gasteiger partial charge is 0.303 e. The summed E-state index contributed by atoms with van der Waals surface area (Å²) in [5.74, 6) is 0.227. The van der Waals surface area contributed by atoms with Crippen LogP contribution in [0.3, 0.4) is 0 Å². The van der Waals surface area contributed by atoms with Gasteiger partial charge in [-0.3, -0.25) is 9.59 Å². The molecule has 0 saturated carbocycles. The number of hydrogen-bond acceptors (Lipinski definition) is 4. The van der Waals surface area contributed by atoms with Crippen molar-refractivity contribution in [1.29, 1.82) is 0 Å². The largest absolute Gasteiger partial charge is 0.481 e. The second-order valence-electron chi connectivity index (χ2n) is 2.93. The maximum atomic E-state index is 10.2. The van der Waals surface area contributed by atoms with Crippen LogP contribution in [0.15, 0.2) is 0 Å². The van der Waals surface area contributed by atoms with Gasteiger partial charge in [-0.1, -0.05) is 0 Å². The molecule has 6 heteroatoms. The molecule has 0 unspecified atom stereocenters. The number of rotatable bonds is 10. The highest BCUT2D eigenvalue weighted by Gasteiger charge is 1.98. The van der Waals surface area contributed by atoms with Gasteiger partial charge in [0, 0.05) is 17.9 Å². The maximum Gasteiger partial charge on any atom is 0.303 e. The molecule has 0 spiro atoms. The third-order valence-electron chi connectivity index (χ3n) is 1.53. The average Bonchev–Trinajstić information content (AvgIpc) is 2.14. The van der Waals surface area contributed by atoms with Crippen molar-refractivity contribution in [2.75, 3.05) is 16.6 Å². The molecule has 0 fully saturated rings. The van der Waals surface area contributed by atoms with E-state index in [1.165, 1.54) is 0 Å². The lowest BCUT2D eigenvalue weighted by molar-refractivity contribution is -0.138. The van der Waals surface area contributed by atoms with Gasteiger partial charge in [0.2, 0.25) is 0 Å². The molecule has 0 heterocycles. The first-order chi connectivity index (χ1) is 7.13. The molecule has 4 nitrogen and oxygen atoms in total. The van der Waals surface area contributed by atoms with E-state index in [9.17, 15) is 9.59 Å². The minimum absolute atomic E-state index is 0.233. The molecule has 0 aromatic heterocycles. The van der Waals surface area contributed by atoms with Crippen molar-refractivity contribution in [1.82, 2.24) is 0 Å². The van der Waals surface area contributed by atoms with E-state index < -0.39 is 11.9 Å². The fraction of sp³-hybridized carbons (Fsp3) is 0.778. The fourth-order valence-electron chi connectivity index (χ4n) is 0.828. The van der Waals surface area contributed by atoms with E-state index in [0.29, 0.717) is 12.8 Å². The molecule has 2 N–H and O–H groups in total. The predicted octanol–water partition coefficient (Wildman–Crippen LogP) is 2.14. The summed E-state index contributed by atoms with van der Waals surface area (Å²) in [7, 11) is 0. The van der Waals surface area contributed by atoms with Crippen LogP contribution >= 0.6 is 23.5 Å². The van der Waals surface area contributed by atoms with Crippen LogP contribution in [0.1, 0.15) is 25.7 Å². The molecule has 0 saturated heterocycles. The molecule has 0 atom stereocenters. The van der Waals surface area contributed by atoms with Gasteiger partial charge < -0.3 is 10.2 Å². The minimum Gasteiger partial charge on any atom is -0.481 e. The highest BCUT2D eigenvalue weighted by Crippen LogP contribution is 2.15. The van der Waals surface area contributed by atoms with Crippen molar-refractivity contribution < 1.29 is 19.8 Å². The molecule has 0 aliphatic heterocycles. The Hall–Kier alpha value is -0.360. The highest BCUT2D eigenvalue weighted by molar-refractivity contribution is 8.15. The summed E-state index contributed by atoms with van der Waals surface area (Å²) >= 11 is 3.41. The van der Waals surface area contributed by atoms with E-state index in [1.54, 1.807) is 23.5 Å². The normalized spacial score (nSPS) is 10.1. The molecule has 88 valence electrons. The summed E-state index contributed by atoms with van der Waals surface area (Å²) in [6, 6.07) is 0. The molecule has 0 bridgehead atoms. The second kappa shape index (κ2) is 10.2. The van der Waals surface area contributed by atoms with Crippen molar-refractivity contribution >= 4 is 35.5 Å². The molecule has 0 aromatic carbocycles. The van der Waals surface area contributed by atoms with Crippen molar-refractivity contribution in [2.24, 2.45) is 0 Å². The molecular formula is C9H16O4S2. The maximum absolute atomic E-state index is 10.2. The zero-order valence-corrected chi connectivity index (χ0v) is 10.1. The number of carboxylic acids is 2. The number of thioether (sulfide) groups is 2. The van der Waals surface area contributed by atoms with Gasteiger partial charge in [-0.2, -0.15) is 23.5 Å². The average molecular weight is 252 g/mol. The summed E-state index contributed by atoms with van der Waals surface area (Å²) in [5, 5.41) is 17.7. The molecular weight excluding hydrogens is 236 g/mol. The van der Waals surface area contributed by atoms with E-state index in [-0.39, 0.29) is 12.8 Å². The number of aliphatic carboxylic acids is 2. The van der Waals surface area contributed by atoms with Gasteiger partial charge in [0.05, 0.1) is 0 Å². The Kier molecular flexibility index (Phi) is 9.92. The van der Waals surface area contributed by atoms with Gasteiger partial charge >= 0.3 is 11.9 Å². The predicted molar refractivity (Wildman–Crippen MR) is 63.5 cm³/mol. The van der Waals surface area contributed by atoms with Gasteiger partial charge in [0.1, 0.15) is 0 Å². The van der Waals surface area contributed by atoms with Crippen molar-refractivity contribution in [3.63, 3.8) is 0 Å². The van der Waals surface area contributed by atoms with Crippen molar-refractivity contribution in [3.8, 4) is 0 Å². The first-order valence-corrected chi connectivity index (χ1v) is 7.03. The molecule has 0 radical (unpaired) electrons.